The van der Waals surface area contributed by atoms with Gasteiger partial charge in [-0.1, -0.05) is 42.0 Å². The second-order valence-corrected chi connectivity index (χ2v) is 5.59. The zero-order valence-electron chi connectivity index (χ0n) is 13.1. The molecule has 23 heavy (non-hydrogen) atoms. The van der Waals surface area contributed by atoms with Gasteiger partial charge in [0.2, 0.25) is 5.91 Å². The number of nitrogens with one attached hydrogen (secondary N) is 1. The number of amides is 1. The molecular weight excluding hydrogens is 292 g/mol. The van der Waals surface area contributed by atoms with Gasteiger partial charge in [-0.25, -0.2) is 4.79 Å². The van der Waals surface area contributed by atoms with Crippen molar-refractivity contribution in [1.82, 2.24) is 9.88 Å². The van der Waals surface area contributed by atoms with Crippen LogP contribution in [0.3, 0.4) is 0 Å². The zero-order chi connectivity index (χ0) is 16.4. The molecule has 5 heteroatoms. The lowest BCUT2D eigenvalue weighted by atomic mass is 10.1. The van der Waals surface area contributed by atoms with Crippen LogP contribution in [0.5, 0.6) is 0 Å². The van der Waals surface area contributed by atoms with Crippen molar-refractivity contribution in [3.05, 3.63) is 70.2 Å². The molecule has 0 bridgehead atoms. The average Bonchev–Trinajstić information content (AvgIpc) is 2.89. The number of para-hydroxylation sites is 2. The molecule has 1 amide bonds. The molecule has 3 aromatic rings. The molecule has 0 spiro atoms. The van der Waals surface area contributed by atoms with Crippen molar-refractivity contribution in [3.63, 3.8) is 0 Å². The monoisotopic (exact) mass is 310 g/mol. The van der Waals surface area contributed by atoms with Gasteiger partial charge in [0, 0.05) is 6.54 Å². The molecule has 1 heterocycles. The van der Waals surface area contributed by atoms with E-state index in [1.165, 1.54) is 10.1 Å². The third kappa shape index (κ3) is 3.04. The molecular formula is C18H18N2O3. The maximum Gasteiger partial charge on any atom is 0.420 e. The third-order valence-electron chi connectivity index (χ3n) is 3.87. The summed E-state index contributed by atoms with van der Waals surface area (Å²) in [6, 6.07) is 14.4. The number of fused-ring (bicyclic) bond motifs is 1. The normalized spacial score (nSPS) is 12.3. The summed E-state index contributed by atoms with van der Waals surface area (Å²) in [6.45, 7) is 4.13. The lowest BCUT2D eigenvalue weighted by Gasteiger charge is -2.13. The molecule has 0 aliphatic rings. The van der Waals surface area contributed by atoms with Crippen molar-refractivity contribution in [2.24, 2.45) is 0 Å². The first-order chi connectivity index (χ1) is 11.1. The Hall–Kier alpha value is -2.82. The van der Waals surface area contributed by atoms with Crippen LogP contribution in [0.15, 0.2) is 57.7 Å². The Balaban J connectivity index is 1.77. The van der Waals surface area contributed by atoms with Gasteiger partial charge in [-0.3, -0.25) is 9.36 Å². The fraction of sp³-hybridized carbons (Fsp3) is 0.222. The van der Waals surface area contributed by atoms with Gasteiger partial charge in [0.25, 0.3) is 0 Å². The first-order valence-corrected chi connectivity index (χ1v) is 7.49. The number of hydrogen-bond acceptors (Lipinski definition) is 3. The Morgan fingerprint density at radius 2 is 1.87 bits per heavy atom. The van der Waals surface area contributed by atoms with Crippen molar-refractivity contribution in [2.75, 3.05) is 0 Å². The number of aryl methyl sites for hydroxylation is 1. The van der Waals surface area contributed by atoms with Gasteiger partial charge in [0.15, 0.2) is 5.58 Å². The van der Waals surface area contributed by atoms with Gasteiger partial charge in [-0.05, 0) is 31.5 Å². The first-order valence-electron chi connectivity index (χ1n) is 7.49. The van der Waals surface area contributed by atoms with Crippen molar-refractivity contribution >= 4 is 17.0 Å². The van der Waals surface area contributed by atoms with Crippen molar-refractivity contribution < 1.29 is 9.21 Å². The molecule has 118 valence electrons. The summed E-state index contributed by atoms with van der Waals surface area (Å²) in [5, 5.41) is 2.86. The Labute approximate surface area is 133 Å². The van der Waals surface area contributed by atoms with E-state index in [2.05, 4.69) is 5.32 Å². The standard InChI is InChI=1S/C18H18N2O3/c1-12-7-9-14(10-8-12)11-19-17(21)13(2)20-15-5-3-4-6-16(15)23-18(20)22/h3-10,13H,11H2,1-2H3,(H,19,21). The highest BCUT2D eigenvalue weighted by molar-refractivity contribution is 5.82. The predicted molar refractivity (Wildman–Crippen MR) is 88.2 cm³/mol. The zero-order valence-corrected chi connectivity index (χ0v) is 13.1. The first kappa shape index (κ1) is 15.1. The Morgan fingerprint density at radius 1 is 1.17 bits per heavy atom. The maximum atomic E-state index is 12.4. The highest BCUT2D eigenvalue weighted by Gasteiger charge is 2.20. The lowest BCUT2D eigenvalue weighted by Crippen LogP contribution is -2.34. The van der Waals surface area contributed by atoms with E-state index in [1.54, 1.807) is 25.1 Å². The van der Waals surface area contributed by atoms with Gasteiger partial charge in [0.1, 0.15) is 6.04 Å². The summed E-state index contributed by atoms with van der Waals surface area (Å²) in [7, 11) is 0. The number of hydrogen-bond donors (Lipinski definition) is 1. The predicted octanol–water partition coefficient (Wildman–Crippen LogP) is 2.78. The van der Waals surface area contributed by atoms with E-state index in [1.807, 2.05) is 37.3 Å². The molecule has 0 aliphatic heterocycles. The van der Waals surface area contributed by atoms with E-state index < -0.39 is 11.8 Å². The van der Waals surface area contributed by atoms with E-state index in [9.17, 15) is 9.59 Å². The van der Waals surface area contributed by atoms with Gasteiger partial charge >= 0.3 is 5.76 Å². The SMILES string of the molecule is Cc1ccc(CNC(=O)C(C)n2c(=O)oc3ccccc32)cc1. The van der Waals surface area contributed by atoms with Crippen LogP contribution in [0.1, 0.15) is 24.1 Å². The van der Waals surface area contributed by atoms with Crippen LogP contribution < -0.4 is 11.1 Å². The topological polar surface area (TPSA) is 64.2 Å². The molecule has 1 aromatic heterocycles. The van der Waals surface area contributed by atoms with Gasteiger partial charge in [-0.15, -0.1) is 0 Å². The molecule has 3 rings (SSSR count). The van der Waals surface area contributed by atoms with E-state index in [0.717, 1.165) is 5.56 Å². The summed E-state index contributed by atoms with van der Waals surface area (Å²) in [5.74, 6) is -0.747. The molecule has 0 fully saturated rings. The Kier molecular flexibility index (Phi) is 4.02. The van der Waals surface area contributed by atoms with Crippen molar-refractivity contribution in [3.8, 4) is 0 Å². The smallest absolute Gasteiger partial charge is 0.408 e. The van der Waals surface area contributed by atoms with Crippen molar-refractivity contribution in [1.29, 1.82) is 0 Å². The van der Waals surface area contributed by atoms with Gasteiger partial charge < -0.3 is 9.73 Å². The molecule has 1 unspecified atom stereocenters. The fourth-order valence-electron chi connectivity index (χ4n) is 2.51. The minimum absolute atomic E-state index is 0.223. The van der Waals surface area contributed by atoms with E-state index in [0.29, 0.717) is 17.6 Å². The Morgan fingerprint density at radius 3 is 2.61 bits per heavy atom. The number of aromatic nitrogens is 1. The van der Waals surface area contributed by atoms with E-state index in [-0.39, 0.29) is 5.91 Å². The second kappa shape index (κ2) is 6.12. The van der Waals surface area contributed by atoms with Crippen LogP contribution in [0.25, 0.3) is 11.1 Å². The molecule has 0 aliphatic carbocycles. The van der Waals surface area contributed by atoms with Crippen LogP contribution in [-0.2, 0) is 11.3 Å². The van der Waals surface area contributed by atoms with Crippen LogP contribution in [0.2, 0.25) is 0 Å². The van der Waals surface area contributed by atoms with Crippen LogP contribution in [0, 0.1) is 6.92 Å². The lowest BCUT2D eigenvalue weighted by molar-refractivity contribution is -0.124. The van der Waals surface area contributed by atoms with Gasteiger partial charge in [0.05, 0.1) is 5.52 Å². The summed E-state index contributed by atoms with van der Waals surface area (Å²) in [6.07, 6.45) is 0. The maximum absolute atomic E-state index is 12.4. The third-order valence-corrected chi connectivity index (χ3v) is 3.87. The molecule has 0 saturated heterocycles. The summed E-state index contributed by atoms with van der Waals surface area (Å²) >= 11 is 0. The summed E-state index contributed by atoms with van der Waals surface area (Å²) in [4.78, 5) is 24.4. The molecule has 1 atom stereocenters. The molecule has 2 aromatic carbocycles. The second-order valence-electron chi connectivity index (χ2n) is 5.59. The fourth-order valence-corrected chi connectivity index (χ4v) is 2.51. The van der Waals surface area contributed by atoms with E-state index >= 15 is 0 Å². The summed E-state index contributed by atoms with van der Waals surface area (Å²) < 4.78 is 6.55. The minimum Gasteiger partial charge on any atom is -0.408 e. The van der Waals surface area contributed by atoms with Crippen molar-refractivity contribution in [2.45, 2.75) is 26.4 Å². The summed E-state index contributed by atoms with van der Waals surface area (Å²) in [5.41, 5.74) is 3.29. The molecule has 0 radical (unpaired) electrons. The van der Waals surface area contributed by atoms with Crippen LogP contribution in [-0.4, -0.2) is 10.5 Å². The number of oxazole rings is 1. The minimum atomic E-state index is -0.642. The average molecular weight is 310 g/mol. The number of nitrogens with zero attached hydrogens (tertiary/aromatic N) is 1. The number of rotatable bonds is 4. The van der Waals surface area contributed by atoms with Crippen LogP contribution in [0.4, 0.5) is 0 Å². The highest BCUT2D eigenvalue weighted by Crippen LogP contribution is 2.16. The number of carbonyl (C=O) groups is 1. The molecule has 1 N–H and O–H groups in total. The van der Waals surface area contributed by atoms with E-state index in [4.69, 9.17) is 4.42 Å². The quantitative estimate of drug-likeness (QED) is 0.806. The van der Waals surface area contributed by atoms with Gasteiger partial charge in [-0.2, -0.15) is 0 Å². The highest BCUT2D eigenvalue weighted by atomic mass is 16.4. The Bertz CT molecular complexity index is 891. The number of benzene rings is 2. The molecule has 0 saturated carbocycles. The van der Waals surface area contributed by atoms with Crippen LogP contribution >= 0.6 is 0 Å². The number of carbonyl (C=O) groups excluding carboxylic acids is 1. The largest absolute Gasteiger partial charge is 0.420 e. The molecule has 5 nitrogen and oxygen atoms in total.